The van der Waals surface area contributed by atoms with Crippen LogP contribution in [0, 0.1) is 6.92 Å². The highest BCUT2D eigenvalue weighted by molar-refractivity contribution is 5.89. The van der Waals surface area contributed by atoms with Crippen LogP contribution in [0.2, 0.25) is 0 Å². The van der Waals surface area contributed by atoms with E-state index in [4.69, 9.17) is 9.47 Å². The second kappa shape index (κ2) is 7.81. The van der Waals surface area contributed by atoms with Crippen LogP contribution in [0.15, 0.2) is 48.5 Å². The van der Waals surface area contributed by atoms with E-state index in [1.54, 1.807) is 0 Å². The van der Waals surface area contributed by atoms with Gasteiger partial charge in [0.15, 0.2) is 0 Å². The highest BCUT2D eigenvalue weighted by atomic mass is 16.5. The maximum atomic E-state index is 11.7. The van der Waals surface area contributed by atoms with E-state index in [1.807, 2.05) is 31.2 Å². The number of benzene rings is 2. The van der Waals surface area contributed by atoms with E-state index in [0.717, 1.165) is 24.2 Å². The molecule has 1 aliphatic rings. The van der Waals surface area contributed by atoms with Crippen molar-refractivity contribution in [3.8, 4) is 0 Å². The first-order chi connectivity index (χ1) is 12.1. The molecule has 4 nitrogen and oxygen atoms in total. The number of ether oxygens (including phenoxy) is 2. The summed E-state index contributed by atoms with van der Waals surface area (Å²) in [5.41, 5.74) is 4.09. The quantitative estimate of drug-likeness (QED) is 0.792. The molecule has 0 radical (unpaired) electrons. The summed E-state index contributed by atoms with van der Waals surface area (Å²) in [6, 6.07) is 16.6. The molecule has 0 spiro atoms. The Morgan fingerprint density at radius 2 is 2.00 bits per heavy atom. The molecule has 1 fully saturated rings. The standard InChI is InChI=1S/C21H25NO3/c1-15-13-18(21(23)24-3)9-10-19(15)20-14-22(11-12-25-20)16(2)17-7-5-4-6-8-17/h4-10,13,16,20H,11-12,14H2,1-3H3/t16-,20+/m1/s1. The summed E-state index contributed by atoms with van der Waals surface area (Å²) in [5.74, 6) is -0.307. The van der Waals surface area contributed by atoms with Crippen LogP contribution in [-0.4, -0.2) is 37.7 Å². The molecule has 4 heteroatoms. The van der Waals surface area contributed by atoms with Gasteiger partial charge in [0, 0.05) is 19.1 Å². The van der Waals surface area contributed by atoms with Crippen molar-refractivity contribution in [3.63, 3.8) is 0 Å². The SMILES string of the molecule is COC(=O)c1ccc([C@@H]2CN([C@H](C)c3ccccc3)CCO2)c(C)c1. The monoisotopic (exact) mass is 339 g/mol. The first-order valence-corrected chi connectivity index (χ1v) is 8.69. The molecule has 132 valence electrons. The predicted octanol–water partition coefficient (Wildman–Crippen LogP) is 3.92. The summed E-state index contributed by atoms with van der Waals surface area (Å²) in [7, 11) is 1.40. The number of esters is 1. The molecule has 0 amide bonds. The summed E-state index contributed by atoms with van der Waals surface area (Å²) < 4.78 is 10.8. The predicted molar refractivity (Wildman–Crippen MR) is 97.6 cm³/mol. The van der Waals surface area contributed by atoms with Crippen molar-refractivity contribution in [1.29, 1.82) is 0 Å². The fraction of sp³-hybridized carbons (Fsp3) is 0.381. The van der Waals surface area contributed by atoms with E-state index < -0.39 is 0 Å². The van der Waals surface area contributed by atoms with Gasteiger partial charge in [0.2, 0.25) is 0 Å². The van der Waals surface area contributed by atoms with Crippen molar-refractivity contribution in [2.45, 2.75) is 26.0 Å². The molecule has 1 heterocycles. The number of nitrogens with zero attached hydrogens (tertiary/aromatic N) is 1. The van der Waals surface area contributed by atoms with E-state index in [0.29, 0.717) is 18.2 Å². The van der Waals surface area contributed by atoms with Gasteiger partial charge in [-0.05, 0) is 42.7 Å². The van der Waals surface area contributed by atoms with Gasteiger partial charge in [0.05, 0.1) is 25.4 Å². The molecule has 3 rings (SSSR count). The van der Waals surface area contributed by atoms with E-state index in [-0.39, 0.29) is 12.1 Å². The molecule has 1 aliphatic heterocycles. The topological polar surface area (TPSA) is 38.8 Å². The minimum absolute atomic E-state index is 0.0200. The van der Waals surface area contributed by atoms with Gasteiger partial charge >= 0.3 is 5.97 Å². The zero-order chi connectivity index (χ0) is 17.8. The average molecular weight is 339 g/mol. The summed E-state index contributed by atoms with van der Waals surface area (Å²) in [4.78, 5) is 14.1. The Bertz CT molecular complexity index is 729. The van der Waals surface area contributed by atoms with Crippen molar-refractivity contribution >= 4 is 5.97 Å². The number of rotatable bonds is 4. The van der Waals surface area contributed by atoms with Gasteiger partial charge in [0.25, 0.3) is 0 Å². The maximum Gasteiger partial charge on any atom is 0.337 e. The smallest absolute Gasteiger partial charge is 0.337 e. The Morgan fingerprint density at radius 3 is 2.68 bits per heavy atom. The molecule has 0 aromatic heterocycles. The minimum Gasteiger partial charge on any atom is -0.465 e. The summed E-state index contributed by atoms with van der Waals surface area (Å²) in [5, 5.41) is 0. The number of carbonyl (C=O) groups is 1. The lowest BCUT2D eigenvalue weighted by Gasteiger charge is -2.37. The second-order valence-electron chi connectivity index (χ2n) is 6.50. The van der Waals surface area contributed by atoms with Crippen LogP contribution >= 0.6 is 0 Å². The number of hydrogen-bond acceptors (Lipinski definition) is 4. The summed E-state index contributed by atoms with van der Waals surface area (Å²) in [6.07, 6.45) is 0.0200. The van der Waals surface area contributed by atoms with Crippen molar-refractivity contribution in [3.05, 3.63) is 70.8 Å². The van der Waals surface area contributed by atoms with E-state index in [1.165, 1.54) is 12.7 Å². The van der Waals surface area contributed by atoms with Crippen LogP contribution in [0.25, 0.3) is 0 Å². The molecule has 1 saturated heterocycles. The number of carbonyl (C=O) groups excluding carboxylic acids is 1. The largest absolute Gasteiger partial charge is 0.465 e. The molecule has 2 atom stereocenters. The third kappa shape index (κ3) is 3.91. The molecular formula is C21H25NO3. The fourth-order valence-corrected chi connectivity index (χ4v) is 3.43. The van der Waals surface area contributed by atoms with Crippen LogP contribution in [0.4, 0.5) is 0 Å². The third-order valence-corrected chi connectivity index (χ3v) is 4.97. The zero-order valence-corrected chi connectivity index (χ0v) is 15.1. The van der Waals surface area contributed by atoms with Crippen LogP contribution in [0.5, 0.6) is 0 Å². The zero-order valence-electron chi connectivity index (χ0n) is 15.1. The molecule has 0 aliphatic carbocycles. The maximum absolute atomic E-state index is 11.7. The Labute approximate surface area is 149 Å². The van der Waals surface area contributed by atoms with Crippen molar-refractivity contribution in [2.24, 2.45) is 0 Å². The first-order valence-electron chi connectivity index (χ1n) is 8.69. The highest BCUT2D eigenvalue weighted by Gasteiger charge is 2.27. The molecule has 0 saturated carbocycles. The van der Waals surface area contributed by atoms with Gasteiger partial charge in [-0.1, -0.05) is 36.4 Å². The Kier molecular flexibility index (Phi) is 5.51. The molecular weight excluding hydrogens is 314 g/mol. The summed E-state index contributed by atoms with van der Waals surface area (Å²) >= 11 is 0. The first kappa shape index (κ1) is 17.6. The lowest BCUT2D eigenvalue weighted by Crippen LogP contribution is -2.40. The molecule has 25 heavy (non-hydrogen) atoms. The van der Waals surface area contributed by atoms with Crippen LogP contribution in [0.1, 0.15) is 46.1 Å². The van der Waals surface area contributed by atoms with Crippen LogP contribution < -0.4 is 0 Å². The summed E-state index contributed by atoms with van der Waals surface area (Å²) in [6.45, 7) is 6.73. The Morgan fingerprint density at radius 1 is 1.24 bits per heavy atom. The van der Waals surface area contributed by atoms with Gasteiger partial charge in [0.1, 0.15) is 0 Å². The lowest BCUT2D eigenvalue weighted by molar-refractivity contribution is -0.0434. The minimum atomic E-state index is -0.307. The number of aryl methyl sites for hydroxylation is 1. The number of methoxy groups -OCH3 is 1. The second-order valence-corrected chi connectivity index (χ2v) is 6.50. The van der Waals surface area contributed by atoms with Gasteiger partial charge in [-0.25, -0.2) is 4.79 Å². The highest BCUT2D eigenvalue weighted by Crippen LogP contribution is 2.30. The fourth-order valence-electron chi connectivity index (χ4n) is 3.43. The molecule has 0 unspecified atom stereocenters. The van der Waals surface area contributed by atoms with Crippen LogP contribution in [0.3, 0.4) is 0 Å². The van der Waals surface area contributed by atoms with Gasteiger partial charge in [-0.3, -0.25) is 4.90 Å². The molecule has 2 aromatic carbocycles. The van der Waals surface area contributed by atoms with E-state index >= 15 is 0 Å². The van der Waals surface area contributed by atoms with Crippen molar-refractivity contribution in [1.82, 2.24) is 4.90 Å². The van der Waals surface area contributed by atoms with Gasteiger partial charge in [-0.2, -0.15) is 0 Å². The van der Waals surface area contributed by atoms with E-state index in [9.17, 15) is 4.79 Å². The Hall–Kier alpha value is -2.17. The lowest BCUT2D eigenvalue weighted by atomic mass is 9.98. The number of hydrogen-bond donors (Lipinski definition) is 0. The van der Waals surface area contributed by atoms with Crippen molar-refractivity contribution in [2.75, 3.05) is 26.8 Å². The van der Waals surface area contributed by atoms with Gasteiger partial charge in [-0.15, -0.1) is 0 Å². The molecule has 0 bridgehead atoms. The van der Waals surface area contributed by atoms with Crippen LogP contribution in [-0.2, 0) is 9.47 Å². The van der Waals surface area contributed by atoms with E-state index in [2.05, 4.69) is 36.1 Å². The van der Waals surface area contributed by atoms with Crippen molar-refractivity contribution < 1.29 is 14.3 Å². The van der Waals surface area contributed by atoms with Gasteiger partial charge < -0.3 is 9.47 Å². The third-order valence-electron chi connectivity index (χ3n) is 4.97. The molecule has 0 N–H and O–H groups in total. The average Bonchev–Trinajstić information content (AvgIpc) is 2.67. The number of morpholine rings is 1. The Balaban J connectivity index is 1.76. The molecule has 2 aromatic rings. The normalized spacial score (nSPS) is 19.4.